The lowest BCUT2D eigenvalue weighted by molar-refractivity contribution is -0.117. The van der Waals surface area contributed by atoms with E-state index in [1.165, 1.54) is 9.96 Å². The fraction of sp³-hybridized carbons (Fsp3) is 0.154. The van der Waals surface area contributed by atoms with E-state index in [4.69, 9.17) is 16.3 Å². The molecule has 2 heterocycles. The van der Waals surface area contributed by atoms with Gasteiger partial charge in [0, 0.05) is 10.7 Å². The van der Waals surface area contributed by atoms with Crippen LogP contribution in [0.25, 0.3) is 16.7 Å². The number of benzene rings is 3. The standard InChI is InChI=1S/C26H22ClN5O3/c1-16(2)17-7-13-20(14-8-17)35-25-24-30-31(15-23(33)28-19-11-9-18(27)10-12-19)26(34)32(24)22-6-4-3-5-21(22)29-25/h3-14,16H,15H2,1-2H3,(H,28,33). The van der Waals surface area contributed by atoms with Gasteiger partial charge >= 0.3 is 5.69 Å². The topological polar surface area (TPSA) is 90.5 Å². The molecular formula is C26H22ClN5O3. The molecule has 0 saturated carbocycles. The molecule has 0 unspecified atom stereocenters. The van der Waals surface area contributed by atoms with E-state index < -0.39 is 11.6 Å². The van der Waals surface area contributed by atoms with Gasteiger partial charge in [0.1, 0.15) is 12.3 Å². The van der Waals surface area contributed by atoms with Crippen molar-refractivity contribution in [1.29, 1.82) is 0 Å². The van der Waals surface area contributed by atoms with Crippen LogP contribution in [-0.4, -0.2) is 25.1 Å². The van der Waals surface area contributed by atoms with Gasteiger partial charge in [-0.1, -0.05) is 49.7 Å². The molecule has 1 N–H and O–H groups in total. The third kappa shape index (κ3) is 4.61. The van der Waals surface area contributed by atoms with Crippen LogP contribution in [0.1, 0.15) is 25.3 Å². The molecule has 0 radical (unpaired) electrons. The van der Waals surface area contributed by atoms with Gasteiger partial charge in [-0.05, 0) is 60.0 Å². The summed E-state index contributed by atoms with van der Waals surface area (Å²) in [6.07, 6.45) is 0. The Labute approximate surface area is 205 Å². The maximum Gasteiger partial charge on any atom is 0.351 e. The molecule has 176 valence electrons. The summed E-state index contributed by atoms with van der Waals surface area (Å²) < 4.78 is 8.57. The van der Waals surface area contributed by atoms with Crippen molar-refractivity contribution in [2.45, 2.75) is 26.3 Å². The molecule has 0 aliphatic heterocycles. The zero-order valence-electron chi connectivity index (χ0n) is 19.1. The zero-order valence-corrected chi connectivity index (χ0v) is 19.9. The second-order valence-electron chi connectivity index (χ2n) is 8.39. The van der Waals surface area contributed by atoms with E-state index in [9.17, 15) is 9.59 Å². The number of carbonyl (C=O) groups is 1. The summed E-state index contributed by atoms with van der Waals surface area (Å²) in [7, 11) is 0. The lowest BCUT2D eigenvalue weighted by atomic mass is 10.0. The molecule has 0 saturated heterocycles. The van der Waals surface area contributed by atoms with Crippen LogP contribution < -0.4 is 15.7 Å². The molecule has 0 fully saturated rings. The summed E-state index contributed by atoms with van der Waals surface area (Å²) in [6, 6.07) is 21.6. The number of amides is 1. The summed E-state index contributed by atoms with van der Waals surface area (Å²) in [5.41, 5.74) is 2.64. The summed E-state index contributed by atoms with van der Waals surface area (Å²) in [4.78, 5) is 30.5. The third-order valence-corrected chi connectivity index (χ3v) is 5.81. The second-order valence-corrected chi connectivity index (χ2v) is 8.82. The van der Waals surface area contributed by atoms with E-state index in [0.717, 1.165) is 4.68 Å². The van der Waals surface area contributed by atoms with Gasteiger partial charge in [-0.3, -0.25) is 4.79 Å². The highest BCUT2D eigenvalue weighted by atomic mass is 35.5. The first kappa shape index (κ1) is 22.6. The Bertz CT molecular complexity index is 1590. The maximum atomic E-state index is 13.3. The Morgan fingerprint density at radius 3 is 2.46 bits per heavy atom. The van der Waals surface area contributed by atoms with E-state index in [1.807, 2.05) is 36.4 Å². The van der Waals surface area contributed by atoms with Crippen molar-refractivity contribution in [3.8, 4) is 11.6 Å². The van der Waals surface area contributed by atoms with Gasteiger partial charge in [0.05, 0.1) is 11.0 Å². The number of aromatic nitrogens is 4. The predicted octanol–water partition coefficient (Wildman–Crippen LogP) is 5.25. The van der Waals surface area contributed by atoms with Gasteiger partial charge in [-0.25, -0.2) is 18.9 Å². The minimum Gasteiger partial charge on any atom is -0.436 e. The Morgan fingerprint density at radius 2 is 1.74 bits per heavy atom. The highest BCUT2D eigenvalue weighted by Gasteiger charge is 2.19. The van der Waals surface area contributed by atoms with Gasteiger partial charge in [0.2, 0.25) is 11.6 Å². The molecule has 8 nitrogen and oxygen atoms in total. The minimum atomic E-state index is -0.468. The summed E-state index contributed by atoms with van der Waals surface area (Å²) in [5.74, 6) is 0.737. The van der Waals surface area contributed by atoms with Crippen molar-refractivity contribution >= 4 is 39.9 Å². The molecule has 0 aliphatic rings. The van der Waals surface area contributed by atoms with Crippen LogP contribution in [0.3, 0.4) is 0 Å². The summed E-state index contributed by atoms with van der Waals surface area (Å²) in [6.45, 7) is 3.96. The first-order valence-corrected chi connectivity index (χ1v) is 11.5. The Hall–Kier alpha value is -4.17. The van der Waals surface area contributed by atoms with Crippen molar-refractivity contribution in [2.75, 3.05) is 5.32 Å². The van der Waals surface area contributed by atoms with Gasteiger partial charge in [0.15, 0.2) is 0 Å². The maximum absolute atomic E-state index is 13.3. The molecular weight excluding hydrogens is 466 g/mol. The number of ether oxygens (including phenoxy) is 1. The average Bonchev–Trinajstić information content (AvgIpc) is 3.17. The highest BCUT2D eigenvalue weighted by molar-refractivity contribution is 6.30. The van der Waals surface area contributed by atoms with Crippen molar-refractivity contribution in [1.82, 2.24) is 19.2 Å². The number of hydrogen-bond acceptors (Lipinski definition) is 5. The van der Waals surface area contributed by atoms with Crippen LogP contribution in [0, 0.1) is 0 Å². The van der Waals surface area contributed by atoms with Crippen molar-refractivity contribution in [3.63, 3.8) is 0 Å². The summed E-state index contributed by atoms with van der Waals surface area (Å²) in [5, 5.41) is 7.70. The molecule has 3 aromatic carbocycles. The Kier molecular flexibility index (Phi) is 5.96. The number of carbonyl (C=O) groups excluding carboxylic acids is 1. The largest absolute Gasteiger partial charge is 0.436 e. The molecule has 9 heteroatoms. The molecule has 5 rings (SSSR count). The fourth-order valence-corrected chi connectivity index (χ4v) is 3.87. The van der Waals surface area contributed by atoms with Gasteiger partial charge in [-0.2, -0.15) is 0 Å². The number of halogens is 1. The van der Waals surface area contributed by atoms with E-state index in [0.29, 0.717) is 33.4 Å². The quantitative estimate of drug-likeness (QED) is 0.353. The number of fused-ring (bicyclic) bond motifs is 3. The van der Waals surface area contributed by atoms with Crippen molar-refractivity contribution in [2.24, 2.45) is 0 Å². The second kappa shape index (κ2) is 9.23. The van der Waals surface area contributed by atoms with Gasteiger partial charge in [-0.15, -0.1) is 5.10 Å². The monoisotopic (exact) mass is 487 g/mol. The molecule has 0 atom stereocenters. The molecule has 1 amide bonds. The number of nitrogens with one attached hydrogen (secondary N) is 1. The number of nitrogens with zero attached hydrogens (tertiary/aromatic N) is 4. The summed E-state index contributed by atoms with van der Waals surface area (Å²) >= 11 is 5.90. The third-order valence-electron chi connectivity index (χ3n) is 5.56. The van der Waals surface area contributed by atoms with Gasteiger partial charge in [0.25, 0.3) is 5.88 Å². The van der Waals surface area contributed by atoms with E-state index >= 15 is 0 Å². The Morgan fingerprint density at radius 1 is 1.03 bits per heavy atom. The SMILES string of the molecule is CC(C)c1ccc(Oc2nc3ccccc3n3c(=O)n(CC(=O)Nc4ccc(Cl)cc4)nc23)cc1. The highest BCUT2D eigenvalue weighted by Crippen LogP contribution is 2.27. The first-order chi connectivity index (χ1) is 16.9. The van der Waals surface area contributed by atoms with Crippen LogP contribution in [0.2, 0.25) is 5.02 Å². The molecule has 35 heavy (non-hydrogen) atoms. The van der Waals surface area contributed by atoms with Crippen LogP contribution in [-0.2, 0) is 11.3 Å². The normalized spacial score (nSPS) is 11.3. The van der Waals surface area contributed by atoms with Gasteiger partial charge < -0.3 is 10.1 Å². The fourth-order valence-electron chi connectivity index (χ4n) is 3.74. The lowest BCUT2D eigenvalue weighted by Gasteiger charge is -2.09. The average molecular weight is 488 g/mol. The first-order valence-electron chi connectivity index (χ1n) is 11.1. The number of rotatable bonds is 6. The Balaban J connectivity index is 1.52. The molecule has 0 spiro atoms. The van der Waals surface area contributed by atoms with E-state index in [2.05, 4.69) is 29.2 Å². The zero-order chi connectivity index (χ0) is 24.5. The van der Waals surface area contributed by atoms with Crippen LogP contribution in [0.5, 0.6) is 11.6 Å². The number of para-hydroxylation sites is 2. The number of anilines is 1. The minimum absolute atomic E-state index is 0.176. The van der Waals surface area contributed by atoms with E-state index in [1.54, 1.807) is 36.4 Å². The van der Waals surface area contributed by atoms with Crippen LogP contribution in [0.4, 0.5) is 5.69 Å². The molecule has 0 bridgehead atoms. The lowest BCUT2D eigenvalue weighted by Crippen LogP contribution is -2.28. The predicted molar refractivity (Wildman–Crippen MR) is 135 cm³/mol. The molecule has 0 aliphatic carbocycles. The van der Waals surface area contributed by atoms with Crippen molar-refractivity contribution in [3.05, 3.63) is 93.9 Å². The van der Waals surface area contributed by atoms with E-state index in [-0.39, 0.29) is 18.1 Å². The van der Waals surface area contributed by atoms with Crippen LogP contribution >= 0.6 is 11.6 Å². The molecule has 5 aromatic rings. The van der Waals surface area contributed by atoms with Crippen molar-refractivity contribution < 1.29 is 9.53 Å². The number of hydrogen-bond donors (Lipinski definition) is 1. The smallest absolute Gasteiger partial charge is 0.351 e. The van der Waals surface area contributed by atoms with Crippen LogP contribution in [0.15, 0.2) is 77.6 Å². The molecule has 2 aromatic heterocycles.